The van der Waals surface area contributed by atoms with Crippen molar-refractivity contribution in [3.8, 4) is 11.5 Å². The monoisotopic (exact) mass is 502 g/mol. The molecule has 0 bridgehead atoms. The number of halogens is 2. The molecule has 6 rings (SSSR count). The summed E-state index contributed by atoms with van der Waals surface area (Å²) in [7, 11) is 0. The van der Waals surface area contributed by atoms with Crippen LogP contribution in [-0.4, -0.2) is 17.5 Å². The summed E-state index contributed by atoms with van der Waals surface area (Å²) in [6.07, 6.45) is 4.22. The van der Waals surface area contributed by atoms with Gasteiger partial charge in [0.25, 0.3) is 0 Å². The van der Waals surface area contributed by atoms with E-state index in [1.807, 2.05) is 53.5 Å². The number of anilines is 3. The molecule has 174 valence electrons. The minimum Gasteiger partial charge on any atom is -0.454 e. The molecule has 1 atom stereocenters. The van der Waals surface area contributed by atoms with Gasteiger partial charge in [-0.05, 0) is 65.7 Å². The highest BCUT2D eigenvalue weighted by molar-refractivity contribution is 6.35. The zero-order valence-electron chi connectivity index (χ0n) is 18.5. The summed E-state index contributed by atoms with van der Waals surface area (Å²) in [5, 5.41) is 11.6. The van der Waals surface area contributed by atoms with Gasteiger partial charge in [0.05, 0.1) is 17.4 Å². The first kappa shape index (κ1) is 21.8. The van der Waals surface area contributed by atoms with Gasteiger partial charge in [0.2, 0.25) is 6.79 Å². The van der Waals surface area contributed by atoms with Crippen molar-refractivity contribution in [2.75, 3.05) is 17.1 Å². The molecule has 3 aromatic carbocycles. The third-order valence-corrected chi connectivity index (χ3v) is 6.40. The molecule has 0 fully saturated rings. The van der Waals surface area contributed by atoms with Crippen LogP contribution in [0.25, 0.3) is 0 Å². The Bertz CT molecular complexity index is 1410. The Balaban J connectivity index is 1.37. The minimum absolute atomic E-state index is 0.0640. The molecule has 3 heterocycles. The molecule has 1 unspecified atom stereocenters. The number of nitrogens with one attached hydrogen (secondary N) is 1. The second-order valence-corrected chi connectivity index (χ2v) is 9.17. The van der Waals surface area contributed by atoms with Crippen molar-refractivity contribution in [2.24, 2.45) is 5.10 Å². The lowest BCUT2D eigenvalue weighted by Crippen LogP contribution is -2.18. The van der Waals surface area contributed by atoms with Gasteiger partial charge < -0.3 is 14.8 Å². The van der Waals surface area contributed by atoms with E-state index in [9.17, 15) is 0 Å². The fraction of sp³-hybridized carbons (Fsp3) is 0.111. The van der Waals surface area contributed by atoms with Crippen LogP contribution in [0.2, 0.25) is 10.0 Å². The Hall–Kier alpha value is -3.74. The highest BCUT2D eigenvalue weighted by Gasteiger charge is 2.31. The third kappa shape index (κ3) is 4.50. The molecule has 0 aliphatic carbocycles. The van der Waals surface area contributed by atoms with Crippen molar-refractivity contribution in [3.05, 3.63) is 106 Å². The summed E-state index contributed by atoms with van der Waals surface area (Å²) in [5.41, 5.74) is 5.83. The second-order valence-electron chi connectivity index (χ2n) is 8.29. The summed E-state index contributed by atoms with van der Waals surface area (Å²) in [6, 6.07) is 23.5. The molecule has 1 N–H and O–H groups in total. The zero-order valence-corrected chi connectivity index (χ0v) is 20.0. The zero-order chi connectivity index (χ0) is 23.8. The van der Waals surface area contributed by atoms with E-state index in [1.54, 1.807) is 18.5 Å². The first-order valence-corrected chi connectivity index (χ1v) is 11.9. The van der Waals surface area contributed by atoms with Crippen LogP contribution in [0.15, 0.2) is 90.3 Å². The Morgan fingerprint density at radius 1 is 0.829 bits per heavy atom. The van der Waals surface area contributed by atoms with Crippen molar-refractivity contribution in [3.63, 3.8) is 0 Å². The van der Waals surface area contributed by atoms with Crippen LogP contribution in [-0.2, 0) is 0 Å². The Morgan fingerprint density at radius 2 is 1.63 bits per heavy atom. The van der Waals surface area contributed by atoms with Crippen LogP contribution < -0.4 is 19.8 Å². The van der Waals surface area contributed by atoms with Crippen LogP contribution in [0.5, 0.6) is 11.5 Å². The summed E-state index contributed by atoms with van der Waals surface area (Å²) < 4.78 is 11.1. The lowest BCUT2D eigenvalue weighted by atomic mass is 9.97. The number of aromatic nitrogens is 1. The minimum atomic E-state index is -0.0640. The molecular weight excluding hydrogens is 483 g/mol. The van der Waals surface area contributed by atoms with E-state index in [0.717, 1.165) is 45.4 Å². The van der Waals surface area contributed by atoms with Crippen molar-refractivity contribution in [1.29, 1.82) is 0 Å². The quantitative estimate of drug-likeness (QED) is 0.312. The molecule has 0 radical (unpaired) electrons. The van der Waals surface area contributed by atoms with Crippen LogP contribution in [0, 0.1) is 0 Å². The molecule has 2 aliphatic heterocycles. The third-order valence-electron chi connectivity index (χ3n) is 5.97. The molecule has 1 aromatic heterocycles. The molecule has 2 aliphatic rings. The summed E-state index contributed by atoms with van der Waals surface area (Å²) in [6.45, 7) is 0.232. The van der Waals surface area contributed by atoms with Crippen molar-refractivity contribution >= 4 is 46.0 Å². The van der Waals surface area contributed by atoms with Crippen molar-refractivity contribution in [2.45, 2.75) is 12.5 Å². The molecule has 4 aromatic rings. The van der Waals surface area contributed by atoms with E-state index in [1.165, 1.54) is 0 Å². The van der Waals surface area contributed by atoms with E-state index in [-0.39, 0.29) is 12.8 Å². The number of rotatable bonds is 5. The van der Waals surface area contributed by atoms with Gasteiger partial charge >= 0.3 is 0 Å². The molecule has 35 heavy (non-hydrogen) atoms. The van der Waals surface area contributed by atoms with Gasteiger partial charge in [-0.3, -0.25) is 9.99 Å². The maximum Gasteiger partial charge on any atom is 0.231 e. The summed E-state index contributed by atoms with van der Waals surface area (Å²) >= 11 is 12.7. The number of hydrazone groups is 1. The number of fused-ring (bicyclic) bond motifs is 1. The van der Waals surface area contributed by atoms with Gasteiger partial charge in [0.15, 0.2) is 11.5 Å². The van der Waals surface area contributed by atoms with E-state index in [0.29, 0.717) is 16.5 Å². The largest absolute Gasteiger partial charge is 0.454 e. The standard InChI is InChI=1S/C27H20Cl2N4O2/c28-19-12-20(29)14-23(13-19)33-25(18-4-5-26-27(11-18)35-16-34-26)15-24(32-33)17-2-1-3-22(10-17)31-21-6-8-30-9-7-21/h1-14,25H,15-16H2,(H,30,31). The van der Waals surface area contributed by atoms with Crippen LogP contribution in [0.4, 0.5) is 17.1 Å². The number of hydrogen-bond acceptors (Lipinski definition) is 6. The van der Waals surface area contributed by atoms with Crippen LogP contribution >= 0.6 is 23.2 Å². The lowest BCUT2D eigenvalue weighted by molar-refractivity contribution is 0.174. The molecule has 8 heteroatoms. The number of ether oxygens (including phenoxy) is 2. The fourth-order valence-corrected chi connectivity index (χ4v) is 4.87. The second kappa shape index (κ2) is 9.13. The van der Waals surface area contributed by atoms with E-state index >= 15 is 0 Å². The molecular formula is C27H20Cl2N4O2. The Morgan fingerprint density at radius 3 is 2.46 bits per heavy atom. The average molecular weight is 503 g/mol. The number of benzene rings is 3. The Kier molecular flexibility index (Phi) is 5.68. The van der Waals surface area contributed by atoms with Gasteiger partial charge in [-0.2, -0.15) is 5.10 Å². The SMILES string of the molecule is Clc1cc(Cl)cc(N2N=C(c3cccc(Nc4ccncc4)c3)CC2c2ccc3c(c2)OCO3)c1. The molecule has 0 spiro atoms. The summed E-state index contributed by atoms with van der Waals surface area (Å²) in [4.78, 5) is 4.08. The summed E-state index contributed by atoms with van der Waals surface area (Å²) in [5.74, 6) is 1.49. The predicted octanol–water partition coefficient (Wildman–Crippen LogP) is 7.22. The normalized spacial score (nSPS) is 16.3. The highest BCUT2D eigenvalue weighted by Crippen LogP contribution is 2.42. The van der Waals surface area contributed by atoms with E-state index in [2.05, 4.69) is 28.5 Å². The van der Waals surface area contributed by atoms with E-state index in [4.69, 9.17) is 37.8 Å². The smallest absolute Gasteiger partial charge is 0.231 e. The predicted molar refractivity (Wildman–Crippen MR) is 139 cm³/mol. The highest BCUT2D eigenvalue weighted by atomic mass is 35.5. The average Bonchev–Trinajstić information content (AvgIpc) is 3.51. The maximum atomic E-state index is 6.34. The topological polar surface area (TPSA) is 59.0 Å². The number of pyridine rings is 1. The first-order valence-electron chi connectivity index (χ1n) is 11.1. The lowest BCUT2D eigenvalue weighted by Gasteiger charge is -2.24. The molecule has 0 saturated carbocycles. The first-order chi connectivity index (χ1) is 17.1. The van der Waals surface area contributed by atoms with Crippen molar-refractivity contribution < 1.29 is 9.47 Å². The Labute approximate surface area is 212 Å². The van der Waals surface area contributed by atoms with Crippen molar-refractivity contribution in [1.82, 2.24) is 4.98 Å². The fourth-order valence-electron chi connectivity index (χ4n) is 4.35. The molecule has 0 saturated heterocycles. The van der Waals surface area contributed by atoms with Gasteiger partial charge in [-0.15, -0.1) is 0 Å². The number of nitrogens with zero attached hydrogens (tertiary/aromatic N) is 3. The van der Waals surface area contributed by atoms with Gasteiger partial charge in [0.1, 0.15) is 0 Å². The van der Waals surface area contributed by atoms with E-state index < -0.39 is 0 Å². The van der Waals surface area contributed by atoms with Gasteiger partial charge in [0, 0.05) is 40.2 Å². The molecule has 0 amide bonds. The van der Waals surface area contributed by atoms with Gasteiger partial charge in [-0.25, -0.2) is 0 Å². The molecule has 6 nitrogen and oxygen atoms in total. The van der Waals surface area contributed by atoms with Gasteiger partial charge in [-0.1, -0.05) is 41.4 Å². The number of hydrogen-bond donors (Lipinski definition) is 1. The van der Waals surface area contributed by atoms with Crippen LogP contribution in [0.1, 0.15) is 23.6 Å². The maximum absolute atomic E-state index is 6.34. The van der Waals surface area contributed by atoms with Crippen LogP contribution in [0.3, 0.4) is 0 Å².